The minimum atomic E-state index is 0.122. The first-order valence-corrected chi connectivity index (χ1v) is 9.07. The minimum absolute atomic E-state index is 0.122. The van der Waals surface area contributed by atoms with E-state index < -0.39 is 0 Å². The average Bonchev–Trinajstić information content (AvgIpc) is 3.32. The SMILES string of the molecule is O=C(CC(c1ccc2c(c1)OCCO2)C1CC1)NCC1CCCO1. The van der Waals surface area contributed by atoms with E-state index in [0.717, 1.165) is 30.9 Å². The van der Waals surface area contributed by atoms with Gasteiger partial charge in [0.05, 0.1) is 6.10 Å². The van der Waals surface area contributed by atoms with Crippen molar-refractivity contribution >= 4 is 5.91 Å². The molecule has 1 amide bonds. The van der Waals surface area contributed by atoms with Gasteiger partial charge >= 0.3 is 0 Å². The number of hydrogen-bond donors (Lipinski definition) is 1. The molecule has 0 bridgehead atoms. The van der Waals surface area contributed by atoms with Crippen LogP contribution >= 0.6 is 0 Å². The minimum Gasteiger partial charge on any atom is -0.486 e. The van der Waals surface area contributed by atoms with Crippen molar-refractivity contribution in [3.63, 3.8) is 0 Å². The van der Waals surface area contributed by atoms with Gasteiger partial charge in [0.15, 0.2) is 11.5 Å². The van der Waals surface area contributed by atoms with Crippen LogP contribution < -0.4 is 14.8 Å². The van der Waals surface area contributed by atoms with Gasteiger partial charge in [-0.15, -0.1) is 0 Å². The first kappa shape index (κ1) is 15.8. The molecule has 2 unspecified atom stereocenters. The molecule has 2 fully saturated rings. The van der Waals surface area contributed by atoms with E-state index >= 15 is 0 Å². The van der Waals surface area contributed by atoms with Gasteiger partial charge in [-0.2, -0.15) is 0 Å². The lowest BCUT2D eigenvalue weighted by molar-refractivity contribution is -0.122. The second-order valence-corrected chi connectivity index (χ2v) is 6.99. The van der Waals surface area contributed by atoms with Crippen LogP contribution in [0.5, 0.6) is 11.5 Å². The van der Waals surface area contributed by atoms with Crippen molar-refractivity contribution < 1.29 is 19.0 Å². The molecule has 1 aromatic carbocycles. The summed E-state index contributed by atoms with van der Waals surface area (Å²) < 4.78 is 16.9. The zero-order valence-electron chi connectivity index (χ0n) is 14.0. The van der Waals surface area contributed by atoms with E-state index in [1.165, 1.54) is 18.4 Å². The first-order chi connectivity index (χ1) is 11.8. The van der Waals surface area contributed by atoms with Crippen LogP contribution in [-0.4, -0.2) is 38.4 Å². The van der Waals surface area contributed by atoms with Gasteiger partial charge in [-0.3, -0.25) is 4.79 Å². The van der Waals surface area contributed by atoms with E-state index in [1.807, 2.05) is 6.07 Å². The summed E-state index contributed by atoms with van der Waals surface area (Å²) in [5, 5.41) is 3.05. The maximum atomic E-state index is 12.4. The number of hydrogen-bond acceptors (Lipinski definition) is 4. The lowest BCUT2D eigenvalue weighted by Crippen LogP contribution is -2.32. The van der Waals surface area contributed by atoms with Crippen molar-refractivity contribution in [2.75, 3.05) is 26.4 Å². The second kappa shape index (κ2) is 7.01. The van der Waals surface area contributed by atoms with Gasteiger partial charge in [-0.1, -0.05) is 6.07 Å². The molecular formula is C19H25NO4. The van der Waals surface area contributed by atoms with Gasteiger partial charge in [-0.25, -0.2) is 0 Å². The molecule has 1 saturated carbocycles. The predicted octanol–water partition coefficient (Wildman–Crippen LogP) is 2.64. The van der Waals surface area contributed by atoms with Crippen molar-refractivity contribution in [1.29, 1.82) is 0 Å². The predicted molar refractivity (Wildman–Crippen MR) is 89.5 cm³/mol. The van der Waals surface area contributed by atoms with Gasteiger partial charge < -0.3 is 19.5 Å². The molecule has 0 spiro atoms. The Kier molecular flexibility index (Phi) is 4.60. The van der Waals surface area contributed by atoms with E-state index in [2.05, 4.69) is 17.4 Å². The molecule has 2 heterocycles. The Morgan fingerprint density at radius 3 is 2.71 bits per heavy atom. The Bertz CT molecular complexity index is 593. The molecule has 4 rings (SSSR count). The monoisotopic (exact) mass is 331 g/mol. The molecular weight excluding hydrogens is 306 g/mol. The summed E-state index contributed by atoms with van der Waals surface area (Å²) in [6.07, 6.45) is 5.30. The summed E-state index contributed by atoms with van der Waals surface area (Å²) in [4.78, 5) is 12.4. The number of benzene rings is 1. The van der Waals surface area contributed by atoms with Crippen LogP contribution in [0.15, 0.2) is 18.2 Å². The molecule has 130 valence electrons. The molecule has 24 heavy (non-hydrogen) atoms. The lowest BCUT2D eigenvalue weighted by atomic mass is 9.90. The fourth-order valence-electron chi connectivity index (χ4n) is 3.65. The van der Waals surface area contributed by atoms with Crippen LogP contribution in [0.4, 0.5) is 0 Å². The van der Waals surface area contributed by atoms with Gasteiger partial charge in [0.2, 0.25) is 5.91 Å². The van der Waals surface area contributed by atoms with Crippen LogP contribution in [0.1, 0.15) is 43.6 Å². The molecule has 0 aromatic heterocycles. The summed E-state index contributed by atoms with van der Waals surface area (Å²) in [6.45, 7) is 2.65. The number of rotatable bonds is 6. The van der Waals surface area contributed by atoms with Gasteiger partial charge in [0.25, 0.3) is 0 Å². The highest BCUT2D eigenvalue weighted by atomic mass is 16.6. The number of ether oxygens (including phenoxy) is 3. The van der Waals surface area contributed by atoms with E-state index in [1.54, 1.807) is 0 Å². The lowest BCUT2D eigenvalue weighted by Gasteiger charge is -2.22. The highest BCUT2D eigenvalue weighted by molar-refractivity contribution is 5.77. The normalized spacial score (nSPS) is 23.8. The molecule has 1 aromatic rings. The number of carbonyl (C=O) groups is 1. The number of nitrogens with one attached hydrogen (secondary N) is 1. The Hall–Kier alpha value is -1.75. The van der Waals surface area contributed by atoms with Crippen molar-refractivity contribution in [3.05, 3.63) is 23.8 Å². The molecule has 2 atom stereocenters. The molecule has 1 saturated heterocycles. The van der Waals surface area contributed by atoms with E-state index in [-0.39, 0.29) is 17.9 Å². The highest BCUT2D eigenvalue weighted by Gasteiger charge is 2.34. The zero-order valence-corrected chi connectivity index (χ0v) is 14.0. The maximum absolute atomic E-state index is 12.4. The maximum Gasteiger partial charge on any atom is 0.220 e. The summed E-state index contributed by atoms with van der Waals surface area (Å²) in [5.41, 5.74) is 1.19. The van der Waals surface area contributed by atoms with Crippen LogP contribution in [-0.2, 0) is 9.53 Å². The van der Waals surface area contributed by atoms with E-state index in [0.29, 0.717) is 32.1 Å². The Balaban J connectivity index is 1.39. The quantitative estimate of drug-likeness (QED) is 0.871. The Labute approximate surface area is 142 Å². The highest BCUT2D eigenvalue weighted by Crippen LogP contribution is 2.46. The summed E-state index contributed by atoms with van der Waals surface area (Å²) in [5.74, 6) is 2.62. The Morgan fingerprint density at radius 2 is 1.96 bits per heavy atom. The third-order valence-corrected chi connectivity index (χ3v) is 5.14. The molecule has 3 aliphatic rings. The molecule has 5 nitrogen and oxygen atoms in total. The van der Waals surface area contributed by atoms with Crippen molar-refractivity contribution in [2.24, 2.45) is 5.92 Å². The summed E-state index contributed by atoms with van der Waals surface area (Å²) in [7, 11) is 0. The molecule has 5 heteroatoms. The fourth-order valence-corrected chi connectivity index (χ4v) is 3.65. The summed E-state index contributed by atoms with van der Waals surface area (Å²) >= 11 is 0. The summed E-state index contributed by atoms with van der Waals surface area (Å²) in [6, 6.07) is 6.12. The van der Waals surface area contributed by atoms with Crippen molar-refractivity contribution in [3.8, 4) is 11.5 Å². The number of amides is 1. The topological polar surface area (TPSA) is 56.8 Å². The van der Waals surface area contributed by atoms with Crippen LogP contribution in [0.3, 0.4) is 0 Å². The average molecular weight is 331 g/mol. The molecule has 2 aliphatic heterocycles. The molecule has 1 aliphatic carbocycles. The van der Waals surface area contributed by atoms with E-state index in [9.17, 15) is 4.79 Å². The standard InChI is InChI=1S/C19H25NO4/c21-19(20-12-15-2-1-7-22-15)11-16(13-3-4-13)14-5-6-17-18(10-14)24-9-8-23-17/h5-6,10,13,15-16H,1-4,7-9,11-12H2,(H,20,21). The van der Waals surface area contributed by atoms with Gasteiger partial charge in [-0.05, 0) is 55.2 Å². The molecule has 1 N–H and O–H groups in total. The third kappa shape index (κ3) is 3.66. The fraction of sp³-hybridized carbons (Fsp3) is 0.632. The zero-order chi connectivity index (χ0) is 16.4. The van der Waals surface area contributed by atoms with Gasteiger partial charge in [0.1, 0.15) is 13.2 Å². The van der Waals surface area contributed by atoms with Crippen molar-refractivity contribution in [2.45, 2.75) is 44.1 Å². The smallest absolute Gasteiger partial charge is 0.220 e. The second-order valence-electron chi connectivity index (χ2n) is 6.99. The first-order valence-electron chi connectivity index (χ1n) is 9.07. The van der Waals surface area contributed by atoms with Crippen LogP contribution in [0.2, 0.25) is 0 Å². The van der Waals surface area contributed by atoms with Gasteiger partial charge in [0, 0.05) is 19.6 Å². The Morgan fingerprint density at radius 1 is 1.12 bits per heavy atom. The van der Waals surface area contributed by atoms with E-state index in [4.69, 9.17) is 14.2 Å². The van der Waals surface area contributed by atoms with Crippen LogP contribution in [0.25, 0.3) is 0 Å². The third-order valence-electron chi connectivity index (χ3n) is 5.14. The van der Waals surface area contributed by atoms with Crippen molar-refractivity contribution in [1.82, 2.24) is 5.32 Å². The van der Waals surface area contributed by atoms with Crippen LogP contribution in [0, 0.1) is 5.92 Å². The number of fused-ring (bicyclic) bond motifs is 1. The number of carbonyl (C=O) groups excluding carboxylic acids is 1. The molecule has 0 radical (unpaired) electrons. The largest absolute Gasteiger partial charge is 0.486 e.